The van der Waals surface area contributed by atoms with Gasteiger partial charge in [-0.05, 0) is 12.5 Å². The van der Waals surface area contributed by atoms with E-state index in [-0.39, 0.29) is 24.2 Å². The molecule has 0 aromatic carbocycles. The SMILES string of the molecule is COc1cnccc1C(=O)NC(CCC(=O)O)C(=O)O. The lowest BCUT2D eigenvalue weighted by Gasteiger charge is -2.14. The number of aliphatic carboxylic acids is 2. The number of aromatic nitrogens is 1. The van der Waals surface area contributed by atoms with E-state index >= 15 is 0 Å². The lowest BCUT2D eigenvalue weighted by Crippen LogP contribution is -2.41. The van der Waals surface area contributed by atoms with Crippen molar-refractivity contribution in [2.45, 2.75) is 18.9 Å². The van der Waals surface area contributed by atoms with Gasteiger partial charge in [-0.25, -0.2) is 4.79 Å². The average Bonchev–Trinajstić information content (AvgIpc) is 2.42. The molecule has 3 N–H and O–H groups in total. The van der Waals surface area contributed by atoms with Gasteiger partial charge in [-0.15, -0.1) is 0 Å². The summed E-state index contributed by atoms with van der Waals surface area (Å²) in [5.41, 5.74) is 0.129. The maximum atomic E-state index is 12.0. The van der Waals surface area contributed by atoms with E-state index in [1.165, 1.54) is 25.6 Å². The van der Waals surface area contributed by atoms with Gasteiger partial charge in [0, 0.05) is 12.6 Å². The third kappa shape index (κ3) is 4.23. The van der Waals surface area contributed by atoms with Crippen LogP contribution in [0.4, 0.5) is 0 Å². The summed E-state index contributed by atoms with van der Waals surface area (Å²) in [7, 11) is 1.35. The molecule has 1 unspecified atom stereocenters. The van der Waals surface area contributed by atoms with E-state index in [2.05, 4.69) is 10.3 Å². The van der Waals surface area contributed by atoms with Crippen molar-refractivity contribution in [2.24, 2.45) is 0 Å². The van der Waals surface area contributed by atoms with Crippen molar-refractivity contribution in [3.8, 4) is 5.75 Å². The number of methoxy groups -OCH3 is 1. The van der Waals surface area contributed by atoms with Crippen LogP contribution in [0.3, 0.4) is 0 Å². The van der Waals surface area contributed by atoms with Gasteiger partial charge in [-0.3, -0.25) is 14.6 Å². The first-order valence-electron chi connectivity index (χ1n) is 5.69. The van der Waals surface area contributed by atoms with Crippen LogP contribution in [0.1, 0.15) is 23.2 Å². The Morgan fingerprint density at radius 2 is 2.10 bits per heavy atom. The number of ether oxygens (including phenoxy) is 1. The minimum absolute atomic E-state index is 0.129. The summed E-state index contributed by atoms with van der Waals surface area (Å²) < 4.78 is 4.94. The molecule has 0 aliphatic rings. The Kier molecular flexibility index (Phi) is 5.45. The molecule has 0 saturated carbocycles. The fourth-order valence-electron chi connectivity index (χ4n) is 1.49. The highest BCUT2D eigenvalue weighted by Crippen LogP contribution is 2.15. The number of carboxylic acid groups (broad SMARTS) is 2. The van der Waals surface area contributed by atoms with Gasteiger partial charge in [0.25, 0.3) is 5.91 Å². The number of rotatable bonds is 7. The van der Waals surface area contributed by atoms with Gasteiger partial charge in [0.1, 0.15) is 11.8 Å². The standard InChI is InChI=1S/C12H14N2O6/c1-20-9-6-13-5-4-7(9)11(17)14-8(12(18)19)2-3-10(15)16/h4-6,8H,2-3H2,1H3,(H,14,17)(H,15,16)(H,18,19). The molecule has 8 heteroatoms. The van der Waals surface area contributed by atoms with Crippen LogP contribution in [0.5, 0.6) is 5.75 Å². The van der Waals surface area contributed by atoms with E-state index in [9.17, 15) is 14.4 Å². The Hall–Kier alpha value is -2.64. The molecule has 1 heterocycles. The van der Waals surface area contributed by atoms with Crippen molar-refractivity contribution in [1.29, 1.82) is 0 Å². The van der Waals surface area contributed by atoms with Crippen molar-refractivity contribution in [2.75, 3.05) is 7.11 Å². The lowest BCUT2D eigenvalue weighted by atomic mass is 10.1. The summed E-state index contributed by atoms with van der Waals surface area (Å²) in [6.07, 6.45) is 2.13. The molecule has 0 bridgehead atoms. The second-order valence-electron chi connectivity index (χ2n) is 3.87. The van der Waals surface area contributed by atoms with Gasteiger partial charge < -0.3 is 20.3 Å². The van der Waals surface area contributed by atoms with Crippen LogP contribution in [0.15, 0.2) is 18.5 Å². The number of carbonyl (C=O) groups is 3. The van der Waals surface area contributed by atoms with Crippen LogP contribution in [-0.4, -0.2) is 46.2 Å². The van der Waals surface area contributed by atoms with Gasteiger partial charge in [-0.1, -0.05) is 0 Å². The fourth-order valence-corrected chi connectivity index (χ4v) is 1.49. The van der Waals surface area contributed by atoms with Crippen LogP contribution >= 0.6 is 0 Å². The van der Waals surface area contributed by atoms with Crippen LogP contribution in [0, 0.1) is 0 Å². The average molecular weight is 282 g/mol. The Balaban J connectivity index is 2.80. The van der Waals surface area contributed by atoms with E-state index in [0.717, 1.165) is 0 Å². The largest absolute Gasteiger partial charge is 0.494 e. The van der Waals surface area contributed by atoms with Crippen LogP contribution in [-0.2, 0) is 9.59 Å². The lowest BCUT2D eigenvalue weighted by molar-refractivity contribution is -0.140. The topological polar surface area (TPSA) is 126 Å². The number of pyridine rings is 1. The maximum absolute atomic E-state index is 12.0. The van der Waals surface area contributed by atoms with E-state index in [1.54, 1.807) is 0 Å². The Morgan fingerprint density at radius 1 is 1.40 bits per heavy atom. The van der Waals surface area contributed by atoms with Crippen LogP contribution < -0.4 is 10.1 Å². The molecule has 1 atom stereocenters. The number of carbonyl (C=O) groups excluding carboxylic acids is 1. The van der Waals surface area contributed by atoms with Crippen molar-refractivity contribution in [3.05, 3.63) is 24.0 Å². The Labute approximate surface area is 114 Å². The normalized spacial score (nSPS) is 11.4. The second-order valence-corrected chi connectivity index (χ2v) is 3.87. The molecule has 0 saturated heterocycles. The quantitative estimate of drug-likeness (QED) is 0.649. The first kappa shape index (κ1) is 15.4. The molecule has 0 fully saturated rings. The molecule has 1 aromatic rings. The first-order valence-corrected chi connectivity index (χ1v) is 5.69. The summed E-state index contributed by atoms with van der Waals surface area (Å²) in [4.78, 5) is 37.2. The number of hydrogen-bond donors (Lipinski definition) is 3. The molecule has 0 aliphatic heterocycles. The number of hydrogen-bond acceptors (Lipinski definition) is 5. The zero-order chi connectivity index (χ0) is 15.1. The van der Waals surface area contributed by atoms with Crippen LogP contribution in [0.25, 0.3) is 0 Å². The molecule has 0 radical (unpaired) electrons. The smallest absolute Gasteiger partial charge is 0.326 e. The van der Waals surface area contributed by atoms with Crippen molar-refractivity contribution >= 4 is 17.8 Å². The Bertz CT molecular complexity index is 516. The molecule has 20 heavy (non-hydrogen) atoms. The Morgan fingerprint density at radius 3 is 2.65 bits per heavy atom. The number of amides is 1. The van der Waals surface area contributed by atoms with Gasteiger partial charge in [0.15, 0.2) is 0 Å². The maximum Gasteiger partial charge on any atom is 0.326 e. The summed E-state index contributed by atoms with van der Waals surface area (Å²) >= 11 is 0. The van der Waals surface area contributed by atoms with E-state index in [1.807, 2.05) is 0 Å². The highest BCUT2D eigenvalue weighted by molar-refractivity contribution is 5.98. The predicted molar refractivity (Wildman–Crippen MR) is 66.5 cm³/mol. The number of carboxylic acids is 2. The predicted octanol–water partition coefficient (Wildman–Crippen LogP) is 0.138. The zero-order valence-electron chi connectivity index (χ0n) is 10.7. The highest BCUT2D eigenvalue weighted by atomic mass is 16.5. The molecular formula is C12H14N2O6. The molecule has 108 valence electrons. The van der Waals surface area contributed by atoms with E-state index in [4.69, 9.17) is 14.9 Å². The summed E-state index contributed by atoms with van der Waals surface area (Å²) in [6.45, 7) is 0. The van der Waals surface area contributed by atoms with Crippen molar-refractivity contribution in [3.63, 3.8) is 0 Å². The fraction of sp³-hybridized carbons (Fsp3) is 0.333. The molecular weight excluding hydrogens is 268 g/mol. The van der Waals surface area contributed by atoms with Gasteiger partial charge >= 0.3 is 11.9 Å². The molecule has 1 amide bonds. The summed E-state index contributed by atoms with van der Waals surface area (Å²) in [5.74, 6) is -2.89. The minimum Gasteiger partial charge on any atom is -0.494 e. The molecule has 0 aliphatic carbocycles. The third-order valence-corrected chi connectivity index (χ3v) is 2.50. The van der Waals surface area contributed by atoms with Crippen LogP contribution in [0.2, 0.25) is 0 Å². The highest BCUT2D eigenvalue weighted by Gasteiger charge is 2.23. The first-order chi connectivity index (χ1) is 9.45. The number of nitrogens with zero attached hydrogens (tertiary/aromatic N) is 1. The number of nitrogens with one attached hydrogen (secondary N) is 1. The van der Waals surface area contributed by atoms with Crippen molar-refractivity contribution < 1.29 is 29.3 Å². The molecule has 1 rings (SSSR count). The minimum atomic E-state index is -1.30. The summed E-state index contributed by atoms with van der Waals surface area (Å²) in [5, 5.41) is 19.8. The van der Waals surface area contributed by atoms with E-state index in [0.29, 0.717) is 0 Å². The third-order valence-electron chi connectivity index (χ3n) is 2.50. The molecule has 8 nitrogen and oxygen atoms in total. The zero-order valence-corrected chi connectivity index (χ0v) is 10.7. The molecule has 0 spiro atoms. The monoisotopic (exact) mass is 282 g/mol. The second kappa shape index (κ2) is 7.07. The van der Waals surface area contributed by atoms with Crippen molar-refractivity contribution in [1.82, 2.24) is 10.3 Å². The summed E-state index contributed by atoms with van der Waals surface area (Å²) in [6, 6.07) is 0.0982. The van der Waals surface area contributed by atoms with Gasteiger partial charge in [0.05, 0.1) is 18.9 Å². The van der Waals surface area contributed by atoms with Gasteiger partial charge in [-0.2, -0.15) is 0 Å². The van der Waals surface area contributed by atoms with E-state index < -0.39 is 23.9 Å². The van der Waals surface area contributed by atoms with Gasteiger partial charge in [0.2, 0.25) is 0 Å². The molecule has 1 aromatic heterocycles.